The minimum Gasteiger partial charge on any atom is -0.357 e. The molecule has 0 unspecified atom stereocenters. The topological polar surface area (TPSA) is 49.8 Å². The van der Waals surface area contributed by atoms with Crippen molar-refractivity contribution in [2.75, 3.05) is 17.7 Å². The minimum absolute atomic E-state index is 0.568. The SMILES string of the molecule is CNc1nccc(Nc2cccc(C)c2Cl)n1. The third-order valence-corrected chi connectivity index (χ3v) is 2.84. The monoisotopic (exact) mass is 248 g/mol. The van der Waals surface area contributed by atoms with Crippen molar-refractivity contribution < 1.29 is 0 Å². The second-order valence-corrected chi connectivity index (χ2v) is 3.95. The van der Waals surface area contributed by atoms with E-state index in [1.54, 1.807) is 19.3 Å². The van der Waals surface area contributed by atoms with Crippen LogP contribution in [0.4, 0.5) is 17.5 Å². The van der Waals surface area contributed by atoms with Gasteiger partial charge in [-0.1, -0.05) is 23.7 Å². The van der Waals surface area contributed by atoms with E-state index in [1.807, 2.05) is 25.1 Å². The summed E-state index contributed by atoms with van der Waals surface area (Å²) in [5, 5.41) is 6.75. The summed E-state index contributed by atoms with van der Waals surface area (Å²) < 4.78 is 0. The first-order valence-corrected chi connectivity index (χ1v) is 5.61. The molecule has 1 heterocycles. The van der Waals surface area contributed by atoms with Gasteiger partial charge in [-0.2, -0.15) is 4.98 Å². The lowest BCUT2D eigenvalue weighted by Crippen LogP contribution is -2.00. The van der Waals surface area contributed by atoms with E-state index >= 15 is 0 Å². The Labute approximate surface area is 105 Å². The van der Waals surface area contributed by atoms with Gasteiger partial charge in [0.25, 0.3) is 0 Å². The summed E-state index contributed by atoms with van der Waals surface area (Å²) >= 11 is 6.20. The molecule has 0 atom stereocenters. The molecule has 0 aliphatic rings. The van der Waals surface area contributed by atoms with Crippen LogP contribution >= 0.6 is 11.6 Å². The molecule has 0 amide bonds. The first-order chi connectivity index (χ1) is 8.20. The maximum absolute atomic E-state index is 6.20. The molecule has 5 heteroatoms. The Hall–Kier alpha value is -1.81. The third-order valence-electron chi connectivity index (χ3n) is 2.33. The zero-order valence-electron chi connectivity index (χ0n) is 9.66. The Bertz CT molecular complexity index is 528. The minimum atomic E-state index is 0.568. The maximum atomic E-state index is 6.20. The molecule has 0 aliphatic carbocycles. The summed E-state index contributed by atoms with van der Waals surface area (Å²) in [4.78, 5) is 8.31. The average Bonchev–Trinajstić information content (AvgIpc) is 2.35. The van der Waals surface area contributed by atoms with Crippen LogP contribution in [0.1, 0.15) is 5.56 Å². The molecule has 0 fully saturated rings. The van der Waals surface area contributed by atoms with Crippen LogP contribution < -0.4 is 10.6 Å². The fourth-order valence-corrected chi connectivity index (χ4v) is 1.60. The van der Waals surface area contributed by atoms with Crippen molar-refractivity contribution in [2.45, 2.75) is 6.92 Å². The van der Waals surface area contributed by atoms with Gasteiger partial charge in [-0.15, -0.1) is 0 Å². The van der Waals surface area contributed by atoms with E-state index in [0.29, 0.717) is 16.8 Å². The first kappa shape index (κ1) is 11.7. The standard InChI is InChI=1S/C12H13ClN4/c1-8-4-3-5-9(11(8)13)16-10-6-7-15-12(14-2)17-10/h3-7H,1-2H3,(H2,14,15,16,17). The summed E-state index contributed by atoms with van der Waals surface area (Å²) in [7, 11) is 1.78. The Kier molecular flexibility index (Phi) is 3.44. The summed E-state index contributed by atoms with van der Waals surface area (Å²) in [6.45, 7) is 1.96. The van der Waals surface area contributed by atoms with E-state index in [4.69, 9.17) is 11.6 Å². The molecule has 88 valence electrons. The molecule has 0 aliphatic heterocycles. The van der Waals surface area contributed by atoms with Crippen molar-refractivity contribution in [1.29, 1.82) is 0 Å². The molecule has 1 aromatic heterocycles. The van der Waals surface area contributed by atoms with Gasteiger partial charge in [-0.25, -0.2) is 4.98 Å². The molecule has 4 nitrogen and oxygen atoms in total. The fraction of sp³-hybridized carbons (Fsp3) is 0.167. The molecular formula is C12H13ClN4. The van der Waals surface area contributed by atoms with Crippen molar-refractivity contribution in [3.8, 4) is 0 Å². The highest BCUT2D eigenvalue weighted by Crippen LogP contribution is 2.27. The Morgan fingerprint density at radius 3 is 2.82 bits per heavy atom. The summed E-state index contributed by atoms with van der Waals surface area (Å²) in [6.07, 6.45) is 1.69. The Morgan fingerprint density at radius 1 is 1.24 bits per heavy atom. The lowest BCUT2D eigenvalue weighted by molar-refractivity contribution is 1.15. The average molecular weight is 249 g/mol. The second kappa shape index (κ2) is 5.01. The molecule has 0 radical (unpaired) electrons. The van der Waals surface area contributed by atoms with Gasteiger partial charge < -0.3 is 10.6 Å². The van der Waals surface area contributed by atoms with Crippen LogP contribution in [-0.2, 0) is 0 Å². The van der Waals surface area contributed by atoms with E-state index < -0.39 is 0 Å². The quantitative estimate of drug-likeness (QED) is 0.876. The second-order valence-electron chi connectivity index (χ2n) is 3.58. The molecule has 0 bridgehead atoms. The van der Waals surface area contributed by atoms with Crippen molar-refractivity contribution in [1.82, 2.24) is 9.97 Å². The Balaban J connectivity index is 2.28. The number of benzene rings is 1. The number of aryl methyl sites for hydroxylation is 1. The highest BCUT2D eigenvalue weighted by molar-refractivity contribution is 6.34. The third kappa shape index (κ3) is 2.65. The molecule has 0 saturated heterocycles. The van der Waals surface area contributed by atoms with Gasteiger partial charge in [0.15, 0.2) is 0 Å². The van der Waals surface area contributed by atoms with Crippen LogP contribution in [0.25, 0.3) is 0 Å². The number of rotatable bonds is 3. The molecule has 0 spiro atoms. The number of aromatic nitrogens is 2. The highest BCUT2D eigenvalue weighted by atomic mass is 35.5. The van der Waals surface area contributed by atoms with Crippen molar-refractivity contribution in [3.05, 3.63) is 41.0 Å². The molecular weight excluding hydrogens is 236 g/mol. The maximum Gasteiger partial charge on any atom is 0.224 e. The summed E-state index contributed by atoms with van der Waals surface area (Å²) in [6, 6.07) is 7.62. The summed E-state index contributed by atoms with van der Waals surface area (Å²) in [5.41, 5.74) is 1.87. The van der Waals surface area contributed by atoms with Crippen LogP contribution in [0.3, 0.4) is 0 Å². The van der Waals surface area contributed by atoms with Crippen LogP contribution in [0.15, 0.2) is 30.5 Å². The van der Waals surface area contributed by atoms with Crippen molar-refractivity contribution >= 4 is 29.1 Å². The smallest absolute Gasteiger partial charge is 0.224 e. The van der Waals surface area contributed by atoms with Crippen LogP contribution in [-0.4, -0.2) is 17.0 Å². The molecule has 0 saturated carbocycles. The van der Waals surface area contributed by atoms with Gasteiger partial charge in [0.2, 0.25) is 5.95 Å². The molecule has 1 aromatic carbocycles. The zero-order chi connectivity index (χ0) is 12.3. The van der Waals surface area contributed by atoms with Gasteiger partial charge >= 0.3 is 0 Å². The van der Waals surface area contributed by atoms with Crippen LogP contribution in [0.2, 0.25) is 5.02 Å². The lowest BCUT2D eigenvalue weighted by Gasteiger charge is -2.09. The number of hydrogen-bond acceptors (Lipinski definition) is 4. The van der Waals surface area contributed by atoms with Gasteiger partial charge in [0, 0.05) is 13.2 Å². The molecule has 2 aromatic rings. The summed E-state index contributed by atoms with van der Waals surface area (Å²) in [5.74, 6) is 1.27. The highest BCUT2D eigenvalue weighted by Gasteiger charge is 2.04. The Morgan fingerprint density at radius 2 is 2.06 bits per heavy atom. The largest absolute Gasteiger partial charge is 0.357 e. The zero-order valence-corrected chi connectivity index (χ0v) is 10.4. The molecule has 2 rings (SSSR count). The van der Waals surface area contributed by atoms with Crippen LogP contribution in [0, 0.1) is 6.92 Å². The first-order valence-electron chi connectivity index (χ1n) is 5.23. The van der Waals surface area contributed by atoms with Gasteiger partial charge in [-0.05, 0) is 24.6 Å². The van der Waals surface area contributed by atoms with Gasteiger partial charge in [0.05, 0.1) is 10.7 Å². The molecule has 17 heavy (non-hydrogen) atoms. The fourth-order valence-electron chi connectivity index (χ4n) is 1.43. The van der Waals surface area contributed by atoms with Crippen molar-refractivity contribution in [2.24, 2.45) is 0 Å². The van der Waals surface area contributed by atoms with Gasteiger partial charge in [0.1, 0.15) is 5.82 Å². The number of hydrogen-bond donors (Lipinski definition) is 2. The van der Waals surface area contributed by atoms with Gasteiger partial charge in [-0.3, -0.25) is 0 Å². The normalized spacial score (nSPS) is 10.1. The van der Waals surface area contributed by atoms with E-state index in [1.165, 1.54) is 0 Å². The molecule has 2 N–H and O–H groups in total. The van der Waals surface area contributed by atoms with E-state index in [-0.39, 0.29) is 0 Å². The van der Waals surface area contributed by atoms with Crippen LogP contribution in [0.5, 0.6) is 0 Å². The number of anilines is 3. The van der Waals surface area contributed by atoms with E-state index in [0.717, 1.165) is 11.3 Å². The van der Waals surface area contributed by atoms with E-state index in [9.17, 15) is 0 Å². The lowest BCUT2D eigenvalue weighted by atomic mass is 10.2. The predicted octanol–water partition coefficient (Wildman–Crippen LogP) is 3.22. The number of nitrogens with one attached hydrogen (secondary N) is 2. The van der Waals surface area contributed by atoms with Crippen molar-refractivity contribution in [3.63, 3.8) is 0 Å². The number of nitrogens with zero attached hydrogens (tertiary/aromatic N) is 2. The number of halogens is 1. The van der Waals surface area contributed by atoms with E-state index in [2.05, 4.69) is 20.6 Å². The predicted molar refractivity (Wildman–Crippen MR) is 71.1 cm³/mol.